The van der Waals surface area contributed by atoms with E-state index < -0.39 is 15.8 Å². The lowest BCUT2D eigenvalue weighted by Crippen LogP contribution is -2.10. The first-order chi connectivity index (χ1) is 14.2. The van der Waals surface area contributed by atoms with Gasteiger partial charge in [-0.15, -0.1) is 0 Å². The first kappa shape index (κ1) is 21.0. The Morgan fingerprint density at radius 2 is 1.77 bits per heavy atom. The lowest BCUT2D eigenvalue weighted by atomic mass is 10.2. The highest BCUT2D eigenvalue weighted by molar-refractivity contribution is 7.90. The fourth-order valence-electron chi connectivity index (χ4n) is 2.39. The molecule has 2 heterocycles. The summed E-state index contributed by atoms with van der Waals surface area (Å²) in [6, 6.07) is 11.2. The Morgan fingerprint density at radius 3 is 2.37 bits per heavy atom. The third kappa shape index (κ3) is 5.41. The Bertz CT molecular complexity index is 1150. The van der Waals surface area contributed by atoms with Crippen LogP contribution in [-0.2, 0) is 21.1 Å². The molecule has 2 aromatic heterocycles. The zero-order valence-corrected chi connectivity index (χ0v) is 17.0. The van der Waals surface area contributed by atoms with Gasteiger partial charge in [-0.1, -0.05) is 12.1 Å². The predicted octanol–water partition coefficient (Wildman–Crippen LogP) is 2.12. The third-order valence-electron chi connectivity index (χ3n) is 3.89. The second-order valence-corrected chi connectivity index (χ2v) is 8.17. The number of nitrogens with one attached hydrogen (secondary N) is 2. The van der Waals surface area contributed by atoms with E-state index in [1.165, 1.54) is 31.5 Å². The van der Waals surface area contributed by atoms with Crippen LogP contribution < -0.4 is 10.6 Å². The number of benzene rings is 1. The molecule has 156 valence electrons. The first-order valence-electron chi connectivity index (χ1n) is 8.67. The van der Waals surface area contributed by atoms with E-state index in [1.807, 2.05) is 0 Å². The molecule has 0 unspecified atom stereocenters. The number of nitrogens with zero attached hydrogens (tertiary/aromatic N) is 3. The Balaban J connectivity index is 1.83. The minimum absolute atomic E-state index is 0.150. The number of sulfone groups is 1. The highest BCUT2D eigenvalue weighted by Crippen LogP contribution is 2.19. The quantitative estimate of drug-likeness (QED) is 0.377. The molecule has 0 atom stereocenters. The van der Waals surface area contributed by atoms with Gasteiger partial charge in [-0.2, -0.15) is 0 Å². The molecule has 0 aliphatic rings. The van der Waals surface area contributed by atoms with E-state index in [1.54, 1.807) is 24.3 Å². The Kier molecular flexibility index (Phi) is 6.11. The maximum atomic E-state index is 12.0. The molecule has 30 heavy (non-hydrogen) atoms. The van der Waals surface area contributed by atoms with Gasteiger partial charge >= 0.3 is 5.97 Å². The van der Waals surface area contributed by atoms with Crippen LogP contribution in [0.5, 0.6) is 5.75 Å². The number of methoxy groups -OCH3 is 1. The first-order valence-corrected chi connectivity index (χ1v) is 10.6. The summed E-state index contributed by atoms with van der Waals surface area (Å²) in [6.07, 6.45) is 2.34. The van der Waals surface area contributed by atoms with Crippen molar-refractivity contribution >= 4 is 33.3 Å². The molecule has 0 saturated heterocycles. The zero-order valence-electron chi connectivity index (χ0n) is 16.2. The lowest BCUT2D eigenvalue weighted by molar-refractivity contribution is 0.0600. The van der Waals surface area contributed by atoms with Crippen molar-refractivity contribution in [3.05, 3.63) is 59.8 Å². The van der Waals surface area contributed by atoms with Crippen molar-refractivity contribution in [1.29, 1.82) is 0 Å². The average molecular weight is 429 g/mol. The van der Waals surface area contributed by atoms with Crippen LogP contribution in [-0.4, -0.2) is 47.8 Å². The van der Waals surface area contributed by atoms with E-state index in [-0.39, 0.29) is 28.1 Å². The van der Waals surface area contributed by atoms with Crippen molar-refractivity contribution in [3.63, 3.8) is 0 Å². The zero-order chi connectivity index (χ0) is 21.7. The summed E-state index contributed by atoms with van der Waals surface area (Å²) >= 11 is 0. The van der Waals surface area contributed by atoms with Crippen LogP contribution in [0.3, 0.4) is 0 Å². The number of aromatic hydroxyl groups is 1. The summed E-state index contributed by atoms with van der Waals surface area (Å²) in [5, 5.41) is 14.9. The number of phenols is 1. The molecule has 0 amide bonds. The van der Waals surface area contributed by atoms with Gasteiger partial charge in [-0.25, -0.2) is 28.2 Å². The molecule has 0 fully saturated rings. The van der Waals surface area contributed by atoms with E-state index in [4.69, 9.17) is 0 Å². The van der Waals surface area contributed by atoms with Gasteiger partial charge < -0.3 is 20.5 Å². The molecule has 0 bridgehead atoms. The highest BCUT2D eigenvalue weighted by Gasteiger charge is 2.15. The summed E-state index contributed by atoms with van der Waals surface area (Å²) in [5.41, 5.74) is 1.14. The second-order valence-electron chi connectivity index (χ2n) is 6.26. The summed E-state index contributed by atoms with van der Waals surface area (Å²) in [7, 11) is -2.39. The van der Waals surface area contributed by atoms with Gasteiger partial charge in [-0.05, 0) is 29.8 Å². The van der Waals surface area contributed by atoms with Gasteiger partial charge in [0.2, 0.25) is 9.84 Å². The van der Waals surface area contributed by atoms with Gasteiger partial charge in [0.15, 0.2) is 0 Å². The topological polar surface area (TPSA) is 143 Å². The molecular weight excluding hydrogens is 410 g/mol. The normalized spacial score (nSPS) is 11.0. The lowest BCUT2D eigenvalue weighted by Gasteiger charge is -2.11. The van der Waals surface area contributed by atoms with Crippen molar-refractivity contribution in [1.82, 2.24) is 15.0 Å². The van der Waals surface area contributed by atoms with Gasteiger partial charge in [0.25, 0.3) is 5.16 Å². The number of esters is 1. The maximum Gasteiger partial charge on any atom is 0.339 e. The number of carbonyl (C=O) groups is 1. The molecule has 11 heteroatoms. The van der Waals surface area contributed by atoms with E-state index >= 15 is 0 Å². The smallest absolute Gasteiger partial charge is 0.339 e. The average Bonchev–Trinajstić information content (AvgIpc) is 2.72. The van der Waals surface area contributed by atoms with Crippen molar-refractivity contribution in [3.8, 4) is 5.75 Å². The van der Waals surface area contributed by atoms with Crippen molar-refractivity contribution in [2.75, 3.05) is 24.0 Å². The molecule has 1 aromatic carbocycles. The predicted molar refractivity (Wildman–Crippen MR) is 109 cm³/mol. The van der Waals surface area contributed by atoms with Gasteiger partial charge in [0, 0.05) is 25.1 Å². The molecule has 0 radical (unpaired) electrons. The van der Waals surface area contributed by atoms with E-state index in [0.29, 0.717) is 12.4 Å². The van der Waals surface area contributed by atoms with Crippen LogP contribution in [0.4, 0.5) is 17.5 Å². The fraction of sp³-hybridized carbons (Fsp3) is 0.158. The molecule has 3 aromatic rings. The number of anilines is 3. The number of rotatable bonds is 7. The third-order valence-corrected chi connectivity index (χ3v) is 4.73. The summed E-state index contributed by atoms with van der Waals surface area (Å²) in [5.74, 6) is 0.475. The van der Waals surface area contributed by atoms with Crippen LogP contribution in [0.2, 0.25) is 0 Å². The summed E-state index contributed by atoms with van der Waals surface area (Å²) in [6.45, 7) is 0.353. The molecular formula is C19H19N5O5S. The minimum Gasteiger partial charge on any atom is -0.508 e. The number of carbonyl (C=O) groups excluding carboxylic acids is 1. The monoisotopic (exact) mass is 429 g/mol. The number of hydrogen-bond donors (Lipinski definition) is 3. The van der Waals surface area contributed by atoms with E-state index in [0.717, 1.165) is 11.8 Å². The largest absolute Gasteiger partial charge is 0.508 e. The maximum absolute atomic E-state index is 12.0. The number of hydrogen-bond acceptors (Lipinski definition) is 10. The van der Waals surface area contributed by atoms with Gasteiger partial charge in [0.1, 0.15) is 23.2 Å². The number of phenolic OH excluding ortho intramolecular Hbond substituents is 1. The summed E-state index contributed by atoms with van der Waals surface area (Å²) in [4.78, 5) is 23.7. The van der Waals surface area contributed by atoms with Crippen molar-refractivity contribution < 1.29 is 23.1 Å². The van der Waals surface area contributed by atoms with Crippen molar-refractivity contribution in [2.45, 2.75) is 11.7 Å². The standard InChI is InChI=1S/C19H19N5O5S/c1-29-18(26)13-5-8-15(21-11-13)22-17-9-16(23-19(24-17)30(2,27)28)20-10-12-3-6-14(25)7-4-12/h3-9,11,25H,10H2,1-2H3,(H2,20,21,22,23,24). The fourth-order valence-corrected chi connectivity index (χ4v) is 2.92. The molecule has 0 spiro atoms. The van der Waals surface area contributed by atoms with Crippen LogP contribution in [0.1, 0.15) is 15.9 Å². The minimum atomic E-state index is -3.67. The molecule has 10 nitrogen and oxygen atoms in total. The van der Waals surface area contributed by atoms with Crippen LogP contribution in [0.15, 0.2) is 53.8 Å². The van der Waals surface area contributed by atoms with Crippen LogP contribution >= 0.6 is 0 Å². The SMILES string of the molecule is COC(=O)c1ccc(Nc2cc(NCc3ccc(O)cc3)nc(S(C)(=O)=O)n2)nc1. The van der Waals surface area contributed by atoms with E-state index in [2.05, 4.69) is 30.3 Å². The Morgan fingerprint density at radius 1 is 1.07 bits per heavy atom. The summed E-state index contributed by atoms with van der Waals surface area (Å²) < 4.78 is 28.6. The van der Waals surface area contributed by atoms with Gasteiger partial charge in [-0.3, -0.25) is 0 Å². The second kappa shape index (κ2) is 8.74. The Labute approximate surface area is 172 Å². The number of aromatic nitrogens is 3. The molecule has 0 saturated carbocycles. The number of ether oxygens (including phenoxy) is 1. The molecule has 3 N–H and O–H groups in total. The highest BCUT2D eigenvalue weighted by atomic mass is 32.2. The molecule has 3 rings (SSSR count). The Hall–Kier alpha value is -3.73. The molecule has 0 aliphatic heterocycles. The van der Waals surface area contributed by atoms with Crippen LogP contribution in [0, 0.1) is 0 Å². The van der Waals surface area contributed by atoms with Crippen LogP contribution in [0.25, 0.3) is 0 Å². The number of pyridine rings is 1. The van der Waals surface area contributed by atoms with Gasteiger partial charge in [0.05, 0.1) is 12.7 Å². The molecule has 0 aliphatic carbocycles. The van der Waals surface area contributed by atoms with Crippen molar-refractivity contribution in [2.24, 2.45) is 0 Å². The van der Waals surface area contributed by atoms with E-state index in [9.17, 15) is 18.3 Å².